The molecule has 1 aliphatic rings. The molecule has 0 atom stereocenters. The summed E-state index contributed by atoms with van der Waals surface area (Å²) < 4.78 is 2.08. The van der Waals surface area contributed by atoms with Crippen molar-refractivity contribution in [2.75, 3.05) is 30.3 Å². The van der Waals surface area contributed by atoms with E-state index in [-0.39, 0.29) is 5.91 Å². The summed E-state index contributed by atoms with van der Waals surface area (Å²) in [5.41, 5.74) is 4.57. The number of H-pyrrole nitrogens is 1. The van der Waals surface area contributed by atoms with E-state index in [2.05, 4.69) is 73.3 Å². The van der Waals surface area contributed by atoms with Crippen LogP contribution >= 0.6 is 11.8 Å². The van der Waals surface area contributed by atoms with E-state index in [9.17, 15) is 4.79 Å². The maximum atomic E-state index is 12.6. The van der Waals surface area contributed by atoms with Gasteiger partial charge in [-0.15, -0.1) is 10.2 Å². The highest BCUT2D eigenvalue weighted by atomic mass is 32.2. The molecule has 0 aliphatic carbocycles. The first-order valence-corrected chi connectivity index (χ1v) is 12.4. The first kappa shape index (κ1) is 21.6. The van der Waals surface area contributed by atoms with Gasteiger partial charge < -0.3 is 15.2 Å². The minimum atomic E-state index is 0.000944. The smallest absolute Gasteiger partial charge is 0.232 e. The van der Waals surface area contributed by atoms with Gasteiger partial charge in [-0.2, -0.15) is 0 Å². The number of aryl methyl sites for hydroxylation is 1. The van der Waals surface area contributed by atoms with Crippen molar-refractivity contribution in [3.63, 3.8) is 0 Å². The number of amides is 1. The van der Waals surface area contributed by atoms with E-state index in [1.165, 1.54) is 41.1 Å². The standard InChI is InChI=1S/C25H28N6OS/c1-18-8-10-20(11-9-18)31-24(30-14-4-5-15-30)28-29-25(31)33-17-23(32)26-13-12-19-16-27-22-7-3-2-6-21(19)22/h2-3,6-11,16,27H,4-5,12-15,17H2,1H3,(H,26,32). The molecule has 8 heteroatoms. The number of rotatable bonds is 8. The molecule has 1 aliphatic heterocycles. The molecule has 1 saturated heterocycles. The number of hydrogen-bond donors (Lipinski definition) is 2. The molecule has 0 bridgehead atoms. The third-order valence-corrected chi connectivity index (χ3v) is 6.95. The van der Waals surface area contributed by atoms with Crippen LogP contribution in [-0.4, -0.2) is 51.0 Å². The largest absolute Gasteiger partial charge is 0.361 e. The third kappa shape index (κ3) is 4.75. The zero-order valence-corrected chi connectivity index (χ0v) is 19.6. The van der Waals surface area contributed by atoms with Crippen molar-refractivity contribution < 1.29 is 4.79 Å². The van der Waals surface area contributed by atoms with E-state index in [0.29, 0.717) is 12.3 Å². The second-order valence-electron chi connectivity index (χ2n) is 8.40. The molecule has 33 heavy (non-hydrogen) atoms. The summed E-state index contributed by atoms with van der Waals surface area (Å²) in [6.07, 6.45) is 5.15. The van der Waals surface area contributed by atoms with E-state index in [1.807, 2.05) is 18.3 Å². The summed E-state index contributed by atoms with van der Waals surface area (Å²) in [4.78, 5) is 18.1. The number of carbonyl (C=O) groups excluding carboxylic acids is 1. The minimum absolute atomic E-state index is 0.000944. The lowest BCUT2D eigenvalue weighted by Gasteiger charge is -2.18. The first-order chi connectivity index (χ1) is 16.2. The molecular weight excluding hydrogens is 432 g/mol. The zero-order valence-electron chi connectivity index (χ0n) is 18.8. The molecule has 0 radical (unpaired) electrons. The monoisotopic (exact) mass is 460 g/mol. The molecule has 4 aromatic rings. The fourth-order valence-electron chi connectivity index (χ4n) is 4.25. The van der Waals surface area contributed by atoms with Crippen LogP contribution in [0.5, 0.6) is 0 Å². The Kier molecular flexibility index (Phi) is 6.35. The molecule has 7 nitrogen and oxygen atoms in total. The highest BCUT2D eigenvalue weighted by Crippen LogP contribution is 2.28. The highest BCUT2D eigenvalue weighted by Gasteiger charge is 2.22. The second kappa shape index (κ2) is 9.70. The summed E-state index contributed by atoms with van der Waals surface area (Å²) in [5.74, 6) is 1.16. The van der Waals surface area contributed by atoms with Crippen LogP contribution in [0.2, 0.25) is 0 Å². The Morgan fingerprint density at radius 2 is 1.88 bits per heavy atom. The molecular formula is C25H28N6OS. The van der Waals surface area contributed by atoms with Crippen molar-refractivity contribution >= 4 is 34.5 Å². The summed E-state index contributed by atoms with van der Waals surface area (Å²) in [7, 11) is 0. The Labute approximate surface area is 197 Å². The highest BCUT2D eigenvalue weighted by molar-refractivity contribution is 7.99. The van der Waals surface area contributed by atoms with Crippen molar-refractivity contribution in [3.05, 3.63) is 65.9 Å². The number of nitrogens with one attached hydrogen (secondary N) is 2. The minimum Gasteiger partial charge on any atom is -0.361 e. The Morgan fingerprint density at radius 3 is 2.70 bits per heavy atom. The van der Waals surface area contributed by atoms with Crippen LogP contribution in [0.4, 0.5) is 5.95 Å². The molecule has 2 aromatic heterocycles. The summed E-state index contributed by atoms with van der Waals surface area (Å²) >= 11 is 1.43. The lowest BCUT2D eigenvalue weighted by molar-refractivity contribution is -0.118. The maximum Gasteiger partial charge on any atom is 0.232 e. The van der Waals surface area contributed by atoms with Gasteiger partial charge in [0.05, 0.1) is 11.4 Å². The number of nitrogens with zero attached hydrogens (tertiary/aromatic N) is 4. The van der Waals surface area contributed by atoms with Gasteiger partial charge in [0.1, 0.15) is 0 Å². The molecule has 0 saturated carbocycles. The van der Waals surface area contributed by atoms with Crippen molar-refractivity contribution in [1.82, 2.24) is 25.1 Å². The van der Waals surface area contributed by atoms with Gasteiger partial charge in [-0.25, -0.2) is 0 Å². The molecule has 3 heterocycles. The summed E-state index contributed by atoms with van der Waals surface area (Å²) in [6, 6.07) is 16.6. The Bertz CT molecular complexity index is 1240. The number of fused-ring (bicyclic) bond motifs is 1. The van der Waals surface area contributed by atoms with Crippen LogP contribution in [-0.2, 0) is 11.2 Å². The molecule has 2 N–H and O–H groups in total. The quantitative estimate of drug-likeness (QED) is 0.387. The topological polar surface area (TPSA) is 78.8 Å². The Hall–Kier alpha value is -3.26. The van der Waals surface area contributed by atoms with Crippen molar-refractivity contribution in [3.8, 4) is 5.69 Å². The van der Waals surface area contributed by atoms with Crippen LogP contribution in [0.25, 0.3) is 16.6 Å². The van der Waals surface area contributed by atoms with Gasteiger partial charge in [0, 0.05) is 36.7 Å². The number of benzene rings is 2. The van der Waals surface area contributed by atoms with Crippen LogP contribution in [0.15, 0.2) is 59.9 Å². The molecule has 1 amide bonds. The van der Waals surface area contributed by atoms with Gasteiger partial charge in [-0.05, 0) is 49.9 Å². The molecule has 2 aromatic carbocycles. The number of thioether (sulfide) groups is 1. The van der Waals surface area contributed by atoms with Crippen molar-refractivity contribution in [2.24, 2.45) is 0 Å². The number of anilines is 1. The lowest BCUT2D eigenvalue weighted by Crippen LogP contribution is -2.27. The molecule has 5 rings (SSSR count). The predicted octanol–water partition coefficient (Wildman–Crippen LogP) is 4.11. The Morgan fingerprint density at radius 1 is 1.09 bits per heavy atom. The van der Waals surface area contributed by atoms with Gasteiger partial charge in [0.2, 0.25) is 11.9 Å². The van der Waals surface area contributed by atoms with Gasteiger partial charge in [-0.3, -0.25) is 9.36 Å². The number of aromatic nitrogens is 4. The van der Waals surface area contributed by atoms with Gasteiger partial charge in [0.25, 0.3) is 0 Å². The van der Waals surface area contributed by atoms with E-state index in [0.717, 1.165) is 41.8 Å². The van der Waals surface area contributed by atoms with Gasteiger partial charge >= 0.3 is 0 Å². The zero-order chi connectivity index (χ0) is 22.6. The molecule has 0 spiro atoms. The summed E-state index contributed by atoms with van der Waals surface area (Å²) in [5, 5.41) is 13.9. The van der Waals surface area contributed by atoms with E-state index in [1.54, 1.807) is 0 Å². The van der Waals surface area contributed by atoms with Crippen LogP contribution < -0.4 is 10.2 Å². The van der Waals surface area contributed by atoms with Crippen LogP contribution in [0, 0.1) is 6.92 Å². The predicted molar refractivity (Wildman–Crippen MR) is 133 cm³/mol. The number of aromatic amines is 1. The van der Waals surface area contributed by atoms with Gasteiger partial charge in [0.15, 0.2) is 5.16 Å². The maximum absolute atomic E-state index is 12.6. The molecule has 1 fully saturated rings. The van der Waals surface area contributed by atoms with Gasteiger partial charge in [-0.1, -0.05) is 47.7 Å². The average molecular weight is 461 g/mol. The number of para-hydroxylation sites is 1. The third-order valence-electron chi connectivity index (χ3n) is 6.02. The Balaban J connectivity index is 1.23. The fourth-order valence-corrected chi connectivity index (χ4v) is 5.03. The van der Waals surface area contributed by atoms with Crippen LogP contribution in [0.3, 0.4) is 0 Å². The normalized spacial score (nSPS) is 13.7. The SMILES string of the molecule is Cc1ccc(-n2c(SCC(=O)NCCc3c[nH]c4ccccc34)nnc2N2CCCC2)cc1. The summed E-state index contributed by atoms with van der Waals surface area (Å²) in [6.45, 7) is 4.66. The van der Waals surface area contributed by atoms with E-state index in [4.69, 9.17) is 0 Å². The van der Waals surface area contributed by atoms with E-state index >= 15 is 0 Å². The van der Waals surface area contributed by atoms with E-state index < -0.39 is 0 Å². The fraction of sp³-hybridized carbons (Fsp3) is 0.320. The number of carbonyl (C=O) groups is 1. The lowest BCUT2D eigenvalue weighted by atomic mass is 10.1. The second-order valence-corrected chi connectivity index (χ2v) is 9.34. The molecule has 0 unspecified atom stereocenters. The molecule has 170 valence electrons. The first-order valence-electron chi connectivity index (χ1n) is 11.4. The number of hydrogen-bond acceptors (Lipinski definition) is 5. The van der Waals surface area contributed by atoms with Crippen LogP contribution in [0.1, 0.15) is 24.0 Å². The van der Waals surface area contributed by atoms with Crippen molar-refractivity contribution in [1.29, 1.82) is 0 Å². The van der Waals surface area contributed by atoms with Crippen molar-refractivity contribution in [2.45, 2.75) is 31.3 Å². The average Bonchev–Trinajstić information content (AvgIpc) is 3.58.